The molecule has 0 aliphatic rings. The van der Waals surface area contributed by atoms with Crippen molar-refractivity contribution in [3.05, 3.63) is 83.4 Å². The molecule has 5 nitrogen and oxygen atoms in total. The number of pyridine rings is 1. The summed E-state index contributed by atoms with van der Waals surface area (Å²) in [5, 5.41) is 2.73. The van der Waals surface area contributed by atoms with Gasteiger partial charge in [0.1, 0.15) is 5.82 Å². The summed E-state index contributed by atoms with van der Waals surface area (Å²) < 4.78 is 14.0. The Labute approximate surface area is 149 Å². The number of carbonyl (C=O) groups is 2. The Morgan fingerprint density at radius 3 is 2.54 bits per heavy atom. The maximum absolute atomic E-state index is 14.0. The maximum atomic E-state index is 14.0. The Morgan fingerprint density at radius 2 is 1.81 bits per heavy atom. The number of aryl methyl sites for hydroxylation is 1. The van der Waals surface area contributed by atoms with E-state index >= 15 is 0 Å². The Balaban J connectivity index is 1.90. The van der Waals surface area contributed by atoms with Gasteiger partial charge in [-0.2, -0.15) is 0 Å². The molecule has 2 aromatic carbocycles. The molecular weight excluding hydrogens is 333 g/mol. The van der Waals surface area contributed by atoms with Crippen LogP contribution >= 0.6 is 0 Å². The fraction of sp³-hybridized carbons (Fsp3) is 0.0500. The lowest BCUT2D eigenvalue weighted by molar-refractivity contribution is 0.0996. The van der Waals surface area contributed by atoms with Crippen molar-refractivity contribution >= 4 is 17.5 Å². The van der Waals surface area contributed by atoms with Gasteiger partial charge in [-0.05, 0) is 36.8 Å². The van der Waals surface area contributed by atoms with Gasteiger partial charge in [-0.3, -0.25) is 14.6 Å². The number of amides is 2. The van der Waals surface area contributed by atoms with Crippen LogP contribution in [0.3, 0.4) is 0 Å². The van der Waals surface area contributed by atoms with Gasteiger partial charge in [-0.15, -0.1) is 0 Å². The number of aromatic nitrogens is 1. The van der Waals surface area contributed by atoms with E-state index in [0.717, 1.165) is 5.56 Å². The van der Waals surface area contributed by atoms with Crippen molar-refractivity contribution in [2.75, 3.05) is 5.32 Å². The second kappa shape index (κ2) is 7.14. The monoisotopic (exact) mass is 349 g/mol. The van der Waals surface area contributed by atoms with Gasteiger partial charge in [-0.1, -0.05) is 24.3 Å². The zero-order chi connectivity index (χ0) is 18.7. The van der Waals surface area contributed by atoms with Gasteiger partial charge >= 0.3 is 0 Å². The molecule has 0 aliphatic heterocycles. The van der Waals surface area contributed by atoms with Crippen molar-refractivity contribution in [1.29, 1.82) is 0 Å². The first-order chi connectivity index (χ1) is 12.5. The van der Waals surface area contributed by atoms with Gasteiger partial charge in [0, 0.05) is 34.8 Å². The van der Waals surface area contributed by atoms with E-state index in [2.05, 4.69) is 10.3 Å². The Hall–Kier alpha value is -3.54. The van der Waals surface area contributed by atoms with Gasteiger partial charge in [0.15, 0.2) is 0 Å². The van der Waals surface area contributed by atoms with E-state index in [1.807, 2.05) is 0 Å². The number of rotatable bonds is 4. The highest BCUT2D eigenvalue weighted by Crippen LogP contribution is 2.23. The van der Waals surface area contributed by atoms with Crippen molar-refractivity contribution in [1.82, 2.24) is 4.98 Å². The number of hydrogen-bond donors (Lipinski definition) is 2. The number of nitrogens with two attached hydrogens (primary N) is 1. The highest BCUT2D eigenvalue weighted by Gasteiger charge is 2.12. The second-order valence-corrected chi connectivity index (χ2v) is 5.79. The molecule has 1 aromatic heterocycles. The zero-order valence-corrected chi connectivity index (χ0v) is 14.0. The minimum atomic E-state index is -0.580. The summed E-state index contributed by atoms with van der Waals surface area (Å²) >= 11 is 0. The van der Waals surface area contributed by atoms with Crippen LogP contribution in [-0.2, 0) is 0 Å². The minimum absolute atomic E-state index is 0.273. The number of hydrogen-bond acceptors (Lipinski definition) is 3. The normalized spacial score (nSPS) is 10.4. The smallest absolute Gasteiger partial charge is 0.257 e. The molecule has 0 spiro atoms. The van der Waals surface area contributed by atoms with Crippen LogP contribution in [0.4, 0.5) is 10.1 Å². The van der Waals surface area contributed by atoms with E-state index in [9.17, 15) is 14.0 Å². The number of anilines is 1. The van der Waals surface area contributed by atoms with Crippen molar-refractivity contribution < 1.29 is 14.0 Å². The SMILES string of the molecule is Cc1ccc(C(N)=O)cc1NC(=O)c1cncc(-c2ccccc2F)c1. The van der Waals surface area contributed by atoms with Crippen LogP contribution in [0.2, 0.25) is 0 Å². The first-order valence-corrected chi connectivity index (χ1v) is 7.87. The zero-order valence-electron chi connectivity index (χ0n) is 14.0. The average Bonchev–Trinajstić information content (AvgIpc) is 2.63. The van der Waals surface area contributed by atoms with Crippen molar-refractivity contribution in [2.45, 2.75) is 6.92 Å². The predicted molar refractivity (Wildman–Crippen MR) is 97.3 cm³/mol. The van der Waals surface area contributed by atoms with Gasteiger partial charge < -0.3 is 11.1 Å². The van der Waals surface area contributed by atoms with E-state index < -0.39 is 17.6 Å². The molecule has 2 amide bonds. The third-order valence-corrected chi connectivity index (χ3v) is 3.96. The summed E-state index contributed by atoms with van der Waals surface area (Å²) in [6.45, 7) is 1.80. The molecule has 0 aliphatic carbocycles. The number of halogens is 1. The molecule has 0 atom stereocenters. The van der Waals surface area contributed by atoms with Gasteiger partial charge in [0.2, 0.25) is 5.91 Å². The molecule has 3 rings (SSSR count). The summed E-state index contributed by atoms with van der Waals surface area (Å²) in [6, 6.07) is 12.6. The van der Waals surface area contributed by atoms with Crippen LogP contribution in [0, 0.1) is 12.7 Å². The lowest BCUT2D eigenvalue weighted by Gasteiger charge is -2.10. The van der Waals surface area contributed by atoms with E-state index in [0.29, 0.717) is 22.4 Å². The molecular formula is C20H16FN3O2. The van der Waals surface area contributed by atoms with Crippen LogP contribution < -0.4 is 11.1 Å². The first kappa shape index (κ1) is 17.3. The summed E-state index contributed by atoms with van der Waals surface area (Å²) in [6.07, 6.45) is 2.89. The molecule has 6 heteroatoms. The topological polar surface area (TPSA) is 85.1 Å². The lowest BCUT2D eigenvalue weighted by Crippen LogP contribution is -2.15. The van der Waals surface area contributed by atoms with E-state index in [-0.39, 0.29) is 5.56 Å². The van der Waals surface area contributed by atoms with Gasteiger partial charge in [0.05, 0.1) is 5.56 Å². The molecule has 0 saturated carbocycles. The minimum Gasteiger partial charge on any atom is -0.366 e. The second-order valence-electron chi connectivity index (χ2n) is 5.79. The quantitative estimate of drug-likeness (QED) is 0.755. The van der Waals surface area contributed by atoms with E-state index in [4.69, 9.17) is 5.73 Å². The number of benzene rings is 2. The van der Waals surface area contributed by atoms with Gasteiger partial charge in [0.25, 0.3) is 5.91 Å². The molecule has 0 fully saturated rings. The van der Waals surface area contributed by atoms with Crippen LogP contribution in [0.1, 0.15) is 26.3 Å². The first-order valence-electron chi connectivity index (χ1n) is 7.87. The third-order valence-electron chi connectivity index (χ3n) is 3.96. The number of primary amides is 1. The van der Waals surface area contributed by atoms with Crippen molar-refractivity contribution in [3.8, 4) is 11.1 Å². The molecule has 26 heavy (non-hydrogen) atoms. The van der Waals surface area contributed by atoms with Crippen LogP contribution in [-0.4, -0.2) is 16.8 Å². The van der Waals surface area contributed by atoms with Gasteiger partial charge in [-0.25, -0.2) is 4.39 Å². The molecule has 1 heterocycles. The third kappa shape index (κ3) is 3.59. The summed E-state index contributed by atoms with van der Waals surface area (Å²) in [7, 11) is 0. The Bertz CT molecular complexity index is 1000. The Morgan fingerprint density at radius 1 is 1.04 bits per heavy atom. The van der Waals surface area contributed by atoms with Crippen molar-refractivity contribution in [3.63, 3.8) is 0 Å². The van der Waals surface area contributed by atoms with Crippen molar-refractivity contribution in [2.24, 2.45) is 5.73 Å². The van der Waals surface area contributed by atoms with Crippen LogP contribution in [0.15, 0.2) is 60.9 Å². The average molecular weight is 349 g/mol. The predicted octanol–water partition coefficient (Wildman–Crippen LogP) is 3.55. The van der Waals surface area contributed by atoms with E-state index in [1.165, 1.54) is 24.5 Å². The standard InChI is InChI=1S/C20H16FN3O2/c1-12-6-7-13(19(22)25)9-18(12)24-20(26)15-8-14(10-23-11-15)16-4-2-3-5-17(16)21/h2-11H,1H3,(H2,22,25)(H,24,26). The molecule has 0 bridgehead atoms. The molecule has 3 N–H and O–H groups in total. The summed E-state index contributed by atoms with van der Waals surface area (Å²) in [4.78, 5) is 27.9. The van der Waals surface area contributed by atoms with E-state index in [1.54, 1.807) is 43.3 Å². The van der Waals surface area contributed by atoms with Crippen LogP contribution in [0.5, 0.6) is 0 Å². The lowest BCUT2D eigenvalue weighted by atomic mass is 10.0. The number of nitrogens with one attached hydrogen (secondary N) is 1. The number of carbonyl (C=O) groups excluding carboxylic acids is 2. The fourth-order valence-corrected chi connectivity index (χ4v) is 2.51. The molecule has 3 aromatic rings. The fourth-order valence-electron chi connectivity index (χ4n) is 2.51. The number of nitrogens with zero attached hydrogens (tertiary/aromatic N) is 1. The summed E-state index contributed by atoms with van der Waals surface area (Å²) in [5.41, 5.74) is 7.96. The maximum Gasteiger partial charge on any atom is 0.257 e. The molecule has 0 saturated heterocycles. The molecule has 0 radical (unpaired) electrons. The highest BCUT2D eigenvalue weighted by atomic mass is 19.1. The summed E-state index contributed by atoms with van der Waals surface area (Å²) in [5.74, 6) is -1.39. The molecule has 0 unspecified atom stereocenters. The highest BCUT2D eigenvalue weighted by molar-refractivity contribution is 6.05. The largest absolute Gasteiger partial charge is 0.366 e. The van der Waals surface area contributed by atoms with Crippen LogP contribution in [0.25, 0.3) is 11.1 Å². The molecule has 130 valence electrons. The Kier molecular flexibility index (Phi) is 4.75.